The number of piperidine rings is 2. The molecule has 3 aliphatic rings. The highest BCUT2D eigenvalue weighted by Crippen LogP contribution is 2.38. The zero-order chi connectivity index (χ0) is 22.2. The minimum Gasteiger partial charge on any atom is -0.481 e. The maximum atomic E-state index is 13.4. The number of anilines is 1. The summed E-state index contributed by atoms with van der Waals surface area (Å²) in [6.07, 6.45) is 10.5. The van der Waals surface area contributed by atoms with E-state index in [9.17, 15) is 14.7 Å². The van der Waals surface area contributed by atoms with Crippen molar-refractivity contribution in [2.45, 2.75) is 82.8 Å². The van der Waals surface area contributed by atoms with Gasteiger partial charge in [0.05, 0.1) is 11.4 Å². The Labute approximate surface area is 188 Å². The minimum atomic E-state index is -0.732. The van der Waals surface area contributed by atoms with Crippen LogP contribution in [0.25, 0.3) is 10.9 Å². The van der Waals surface area contributed by atoms with Gasteiger partial charge in [0.25, 0.3) is 5.91 Å². The molecule has 1 aliphatic carbocycles. The van der Waals surface area contributed by atoms with Crippen LogP contribution in [0.3, 0.4) is 0 Å². The molecule has 1 amide bonds. The van der Waals surface area contributed by atoms with E-state index < -0.39 is 5.97 Å². The number of aliphatic carboxylic acids is 1. The number of nitrogens with zero attached hydrogens (tertiary/aromatic N) is 3. The molecule has 3 fully saturated rings. The second-order valence-electron chi connectivity index (χ2n) is 10.0. The second-order valence-corrected chi connectivity index (χ2v) is 10.0. The number of hydrogen-bond acceptors (Lipinski definition) is 5. The molecule has 7 heteroatoms. The summed E-state index contributed by atoms with van der Waals surface area (Å²) < 4.78 is 0. The van der Waals surface area contributed by atoms with Crippen molar-refractivity contribution >= 4 is 28.7 Å². The maximum absolute atomic E-state index is 13.4. The summed E-state index contributed by atoms with van der Waals surface area (Å²) in [5.41, 5.74) is 1.46. The molecule has 2 bridgehead atoms. The van der Waals surface area contributed by atoms with Crippen LogP contribution in [0.2, 0.25) is 0 Å². The molecular weight excluding hydrogens is 404 g/mol. The first-order chi connectivity index (χ1) is 15.5. The van der Waals surface area contributed by atoms with Crippen LogP contribution in [0.1, 0.15) is 75.1 Å². The van der Waals surface area contributed by atoms with Gasteiger partial charge in [0.15, 0.2) is 0 Å². The Balaban J connectivity index is 1.32. The number of carboxylic acids is 1. The number of rotatable bonds is 4. The molecule has 1 aromatic heterocycles. The van der Waals surface area contributed by atoms with E-state index in [1.54, 1.807) is 6.20 Å². The lowest BCUT2D eigenvalue weighted by molar-refractivity contribution is -0.145. The summed E-state index contributed by atoms with van der Waals surface area (Å²) in [7, 11) is 0. The van der Waals surface area contributed by atoms with Gasteiger partial charge in [-0.3, -0.25) is 9.59 Å². The van der Waals surface area contributed by atoms with E-state index in [0.29, 0.717) is 30.4 Å². The Morgan fingerprint density at radius 2 is 1.78 bits per heavy atom. The van der Waals surface area contributed by atoms with E-state index in [2.05, 4.69) is 22.2 Å². The molecule has 2 aliphatic heterocycles. The Hall–Kier alpha value is -2.70. The summed E-state index contributed by atoms with van der Waals surface area (Å²) in [5, 5.41) is 13.8. The number of hydrogen-bond donors (Lipinski definition) is 2. The number of fused-ring (bicyclic) bond motifs is 3. The molecule has 3 heterocycles. The zero-order valence-electron chi connectivity index (χ0n) is 18.7. The fourth-order valence-corrected chi connectivity index (χ4v) is 5.89. The molecule has 0 radical (unpaired) electrons. The topological polar surface area (TPSA) is 95.4 Å². The van der Waals surface area contributed by atoms with Crippen LogP contribution in [-0.4, -0.2) is 50.0 Å². The molecule has 2 saturated heterocycles. The lowest BCUT2D eigenvalue weighted by atomic mass is 9.78. The molecule has 2 N–H and O–H groups in total. The molecule has 32 heavy (non-hydrogen) atoms. The van der Waals surface area contributed by atoms with Gasteiger partial charge < -0.3 is 15.3 Å². The van der Waals surface area contributed by atoms with E-state index in [1.807, 2.05) is 23.1 Å². The van der Waals surface area contributed by atoms with Crippen molar-refractivity contribution in [2.24, 2.45) is 11.8 Å². The molecule has 170 valence electrons. The largest absolute Gasteiger partial charge is 0.481 e. The summed E-state index contributed by atoms with van der Waals surface area (Å²) in [6, 6.07) is 6.10. The van der Waals surface area contributed by atoms with Crippen molar-refractivity contribution in [3.8, 4) is 0 Å². The fraction of sp³-hybridized carbons (Fsp3) is 0.600. The number of carbonyl (C=O) groups is 2. The normalized spacial score (nSPS) is 30.2. The third-order valence-corrected chi connectivity index (χ3v) is 7.73. The van der Waals surface area contributed by atoms with Gasteiger partial charge >= 0.3 is 5.97 Å². The Morgan fingerprint density at radius 3 is 2.47 bits per heavy atom. The van der Waals surface area contributed by atoms with Crippen molar-refractivity contribution in [1.29, 1.82) is 0 Å². The Bertz CT molecular complexity index is 1000. The van der Waals surface area contributed by atoms with Crippen LogP contribution < -0.4 is 5.32 Å². The van der Waals surface area contributed by atoms with Crippen molar-refractivity contribution < 1.29 is 14.7 Å². The van der Waals surface area contributed by atoms with Crippen molar-refractivity contribution in [2.75, 3.05) is 5.32 Å². The second kappa shape index (κ2) is 8.68. The minimum absolute atomic E-state index is 0.00367. The highest BCUT2D eigenvalue weighted by atomic mass is 16.4. The fourth-order valence-electron chi connectivity index (χ4n) is 5.89. The number of benzene rings is 1. The van der Waals surface area contributed by atoms with Gasteiger partial charge in [0.2, 0.25) is 5.95 Å². The summed E-state index contributed by atoms with van der Waals surface area (Å²) in [5.74, 6) is 0.392. The number of nitrogens with one attached hydrogen (secondary N) is 1. The monoisotopic (exact) mass is 436 g/mol. The molecule has 1 saturated carbocycles. The quantitative estimate of drug-likeness (QED) is 0.734. The molecule has 5 rings (SSSR count). The van der Waals surface area contributed by atoms with Gasteiger partial charge in [-0.2, -0.15) is 0 Å². The lowest BCUT2D eigenvalue weighted by Gasteiger charge is -2.48. The molecule has 2 atom stereocenters. The van der Waals surface area contributed by atoms with E-state index >= 15 is 0 Å². The van der Waals surface area contributed by atoms with Gasteiger partial charge in [-0.25, -0.2) is 9.97 Å². The third-order valence-electron chi connectivity index (χ3n) is 7.73. The molecule has 2 aromatic rings. The molecular formula is C25H32N4O3. The van der Waals surface area contributed by atoms with Gasteiger partial charge in [0.1, 0.15) is 0 Å². The number of aromatic nitrogens is 2. The Morgan fingerprint density at radius 1 is 1.06 bits per heavy atom. The van der Waals surface area contributed by atoms with E-state index in [4.69, 9.17) is 0 Å². The van der Waals surface area contributed by atoms with Crippen LogP contribution in [0.15, 0.2) is 24.4 Å². The molecule has 0 spiro atoms. The lowest BCUT2D eigenvalue weighted by Crippen LogP contribution is -2.55. The number of amides is 1. The van der Waals surface area contributed by atoms with Gasteiger partial charge in [0, 0.05) is 35.3 Å². The number of carbonyl (C=O) groups excluding carboxylic acids is 1. The Kier molecular flexibility index (Phi) is 5.74. The van der Waals surface area contributed by atoms with E-state index in [-0.39, 0.29) is 23.9 Å². The predicted octanol–water partition coefficient (Wildman–Crippen LogP) is 4.48. The first-order valence-corrected chi connectivity index (χ1v) is 12.1. The van der Waals surface area contributed by atoms with Crippen LogP contribution in [0, 0.1) is 11.8 Å². The highest BCUT2D eigenvalue weighted by Gasteiger charge is 2.43. The van der Waals surface area contributed by atoms with Gasteiger partial charge in [-0.05, 0) is 81.9 Å². The summed E-state index contributed by atoms with van der Waals surface area (Å²) >= 11 is 0. The maximum Gasteiger partial charge on any atom is 0.306 e. The third kappa shape index (κ3) is 4.17. The average molecular weight is 437 g/mol. The van der Waals surface area contributed by atoms with E-state index in [0.717, 1.165) is 48.9 Å². The van der Waals surface area contributed by atoms with Crippen molar-refractivity contribution in [1.82, 2.24) is 14.9 Å². The van der Waals surface area contributed by atoms with Crippen LogP contribution in [0.4, 0.5) is 5.95 Å². The summed E-state index contributed by atoms with van der Waals surface area (Å²) in [6.45, 7) is 2.31. The summed E-state index contributed by atoms with van der Waals surface area (Å²) in [4.78, 5) is 36.1. The average Bonchev–Trinajstić information content (AvgIpc) is 2.79. The molecule has 7 nitrogen and oxygen atoms in total. The van der Waals surface area contributed by atoms with Gasteiger partial charge in [-0.1, -0.05) is 6.92 Å². The van der Waals surface area contributed by atoms with Crippen molar-refractivity contribution in [3.63, 3.8) is 0 Å². The first-order valence-electron chi connectivity index (χ1n) is 12.1. The smallest absolute Gasteiger partial charge is 0.306 e. The standard InChI is InChI=1S/C25H32N4O3/c1-15-5-8-19(9-6-15)27-25-26-14-18-11-16(7-10-22(18)28-25)23(30)29-20-3-2-4-21(29)13-17(12-20)24(31)32/h7,10-11,14-15,17,19-21H,2-6,8-9,12-13H2,1H3,(H,31,32)(H,26,27,28). The highest BCUT2D eigenvalue weighted by molar-refractivity contribution is 5.98. The SMILES string of the molecule is CC1CCC(Nc2ncc3cc(C(=O)N4C5CCCC4CC(C(=O)O)C5)ccc3n2)CC1. The zero-order valence-corrected chi connectivity index (χ0v) is 18.7. The molecule has 2 unspecified atom stereocenters. The molecule has 1 aromatic carbocycles. The van der Waals surface area contributed by atoms with Gasteiger partial charge in [-0.15, -0.1) is 0 Å². The first kappa shape index (κ1) is 21.2. The number of carboxylic acid groups (broad SMARTS) is 1. The van der Waals surface area contributed by atoms with Crippen molar-refractivity contribution in [3.05, 3.63) is 30.0 Å². The van der Waals surface area contributed by atoms with Crippen LogP contribution in [0.5, 0.6) is 0 Å². The predicted molar refractivity (Wildman–Crippen MR) is 123 cm³/mol. The van der Waals surface area contributed by atoms with Crippen LogP contribution in [-0.2, 0) is 4.79 Å². The van der Waals surface area contributed by atoms with E-state index in [1.165, 1.54) is 12.8 Å². The van der Waals surface area contributed by atoms with Crippen LogP contribution >= 0.6 is 0 Å².